The van der Waals surface area contributed by atoms with Crippen molar-refractivity contribution in [2.45, 2.75) is 58.4 Å². The van der Waals surface area contributed by atoms with Gasteiger partial charge in [-0.15, -0.1) is 0 Å². The number of benzene rings is 3. The first-order chi connectivity index (χ1) is 30.1. The molecule has 4 heterocycles. The first-order valence-electron chi connectivity index (χ1n) is 19.2. The van der Waals surface area contributed by atoms with Crippen LogP contribution >= 0.6 is 0 Å². The Morgan fingerprint density at radius 3 is 1.51 bits per heavy atom. The normalized spacial score (nSPS) is 12.2. The minimum atomic E-state index is -2.79. The van der Waals surface area contributed by atoms with Gasteiger partial charge in [-0.25, -0.2) is 35.7 Å². The molecular formula is C44H40F6N10O3. The van der Waals surface area contributed by atoms with E-state index >= 15 is 0 Å². The molecule has 2 atom stereocenters. The van der Waals surface area contributed by atoms with Gasteiger partial charge >= 0.3 is 0 Å². The van der Waals surface area contributed by atoms with Gasteiger partial charge in [0.05, 0.1) is 48.7 Å². The Hall–Kier alpha value is -7.22. The predicted octanol–water partition coefficient (Wildman–Crippen LogP) is 8.63. The van der Waals surface area contributed by atoms with Crippen LogP contribution < -0.4 is 4.74 Å². The number of nitrogens with zero attached hydrogens (tertiary/aromatic N) is 10. The number of aromatic nitrogens is 8. The summed E-state index contributed by atoms with van der Waals surface area (Å²) in [5.41, 5.74) is 3.97. The lowest BCUT2D eigenvalue weighted by molar-refractivity contribution is 0.0522. The highest BCUT2D eigenvalue weighted by Crippen LogP contribution is 2.31. The molecule has 0 fully saturated rings. The van der Waals surface area contributed by atoms with Crippen LogP contribution in [0, 0.1) is 34.3 Å². The zero-order valence-corrected chi connectivity index (χ0v) is 34.5. The molecule has 0 unspecified atom stereocenters. The molecule has 0 bridgehead atoms. The summed E-state index contributed by atoms with van der Waals surface area (Å²) < 4.78 is 98.4. The van der Waals surface area contributed by atoms with Gasteiger partial charge in [-0.05, 0) is 92.2 Å². The molecule has 0 radical (unpaired) electrons. The molecule has 19 heteroatoms. The topological polar surface area (TPSA) is 158 Å². The molecule has 13 nitrogen and oxygen atoms in total. The molecule has 0 spiro atoms. The fraction of sp³-hybridized carbons (Fsp3) is 0.273. The molecule has 326 valence electrons. The smallest absolute Gasteiger partial charge is 0.282 e. The largest absolute Gasteiger partial charge is 0.497 e. The Morgan fingerprint density at radius 2 is 1.10 bits per heavy atom. The Morgan fingerprint density at radius 1 is 0.635 bits per heavy atom. The number of ether oxygens (including phenoxy) is 2. The zero-order valence-electron chi connectivity index (χ0n) is 34.5. The van der Waals surface area contributed by atoms with Gasteiger partial charge < -0.3 is 14.6 Å². The van der Waals surface area contributed by atoms with Crippen LogP contribution in [0.5, 0.6) is 5.75 Å². The van der Waals surface area contributed by atoms with Crippen LogP contribution in [0.3, 0.4) is 0 Å². The van der Waals surface area contributed by atoms with Crippen molar-refractivity contribution in [1.82, 2.24) is 39.1 Å². The van der Waals surface area contributed by atoms with E-state index in [0.717, 1.165) is 17.4 Å². The quantitative estimate of drug-likeness (QED) is 0.106. The number of alkyl halides is 4. The second-order valence-corrected chi connectivity index (χ2v) is 14.3. The van der Waals surface area contributed by atoms with E-state index in [0.29, 0.717) is 39.7 Å². The number of rotatable bonds is 14. The summed E-state index contributed by atoms with van der Waals surface area (Å²) in [6.45, 7) is 3.47. The molecular weight excluding hydrogens is 831 g/mol. The van der Waals surface area contributed by atoms with Gasteiger partial charge in [-0.3, -0.25) is 9.36 Å². The second-order valence-electron chi connectivity index (χ2n) is 14.3. The van der Waals surface area contributed by atoms with E-state index in [4.69, 9.17) is 20.0 Å². The molecule has 7 aromatic rings. The molecule has 0 aliphatic rings. The summed E-state index contributed by atoms with van der Waals surface area (Å²) in [4.78, 5) is 0. The van der Waals surface area contributed by atoms with Crippen molar-refractivity contribution in [3.8, 4) is 29.3 Å². The average molecular weight is 871 g/mol. The van der Waals surface area contributed by atoms with Crippen molar-refractivity contribution >= 4 is 0 Å². The average Bonchev–Trinajstić information content (AvgIpc) is 4.06. The fourth-order valence-electron chi connectivity index (χ4n) is 6.72. The zero-order chi connectivity index (χ0) is 45.5. The summed E-state index contributed by atoms with van der Waals surface area (Å²) in [5, 5.41) is 44.2. The fourth-order valence-corrected chi connectivity index (χ4v) is 6.72. The molecule has 0 aliphatic carbocycles. The maximum absolute atomic E-state index is 14.3. The van der Waals surface area contributed by atoms with E-state index in [2.05, 4.69) is 20.4 Å². The predicted molar refractivity (Wildman–Crippen MR) is 215 cm³/mol. The van der Waals surface area contributed by atoms with E-state index in [-0.39, 0.29) is 36.4 Å². The van der Waals surface area contributed by atoms with E-state index in [1.54, 1.807) is 40.3 Å². The number of halogens is 6. The van der Waals surface area contributed by atoms with E-state index < -0.39 is 48.1 Å². The Kier molecular flexibility index (Phi) is 14.1. The van der Waals surface area contributed by atoms with E-state index in [1.807, 2.05) is 36.4 Å². The lowest BCUT2D eigenvalue weighted by Crippen LogP contribution is -2.11. The third-order valence-electron chi connectivity index (χ3n) is 9.94. The van der Waals surface area contributed by atoms with Gasteiger partial charge in [0.2, 0.25) is 0 Å². The van der Waals surface area contributed by atoms with Gasteiger partial charge in [0, 0.05) is 49.5 Å². The molecule has 4 aromatic heterocycles. The van der Waals surface area contributed by atoms with Crippen LogP contribution in [0.25, 0.3) is 11.4 Å². The first-order valence-corrected chi connectivity index (χ1v) is 19.2. The third kappa shape index (κ3) is 10.6. The molecule has 1 N–H and O–H groups in total. The van der Waals surface area contributed by atoms with Crippen molar-refractivity contribution in [3.05, 3.63) is 159 Å². The number of hydrogen-bond acceptors (Lipinski definition) is 9. The summed E-state index contributed by atoms with van der Waals surface area (Å²) in [6, 6.07) is 24.7. The number of aliphatic hydroxyl groups is 1. The maximum Gasteiger partial charge on any atom is 0.282 e. The number of nitriles is 2. The lowest BCUT2D eigenvalue weighted by Gasteiger charge is -2.19. The van der Waals surface area contributed by atoms with Crippen LogP contribution in [0.15, 0.2) is 84.9 Å². The molecule has 0 saturated carbocycles. The van der Waals surface area contributed by atoms with Gasteiger partial charge in [0.15, 0.2) is 11.4 Å². The minimum Gasteiger partial charge on any atom is -0.497 e. The van der Waals surface area contributed by atoms with Crippen LogP contribution in [-0.2, 0) is 38.3 Å². The van der Waals surface area contributed by atoms with Gasteiger partial charge in [-0.2, -0.15) is 30.9 Å². The molecule has 0 saturated heterocycles. The van der Waals surface area contributed by atoms with Gasteiger partial charge in [-0.1, -0.05) is 12.1 Å². The van der Waals surface area contributed by atoms with Crippen molar-refractivity contribution in [2.24, 2.45) is 14.1 Å². The van der Waals surface area contributed by atoms with E-state index in [9.17, 15) is 31.4 Å². The van der Waals surface area contributed by atoms with Crippen molar-refractivity contribution in [2.75, 3.05) is 7.11 Å². The van der Waals surface area contributed by atoms with Gasteiger partial charge in [0.25, 0.3) is 12.9 Å². The highest BCUT2D eigenvalue weighted by molar-refractivity contribution is 5.46. The monoisotopic (exact) mass is 870 g/mol. The number of aryl methyl sites for hydroxylation is 2. The second kappa shape index (κ2) is 19.7. The standard InChI is InChI=1S/C26H24F3N5O2.C18H16F3N5O/c1-16(36-15-17-4-7-22(35-3)8-5-17)23-10-18(27)6-9-25(23)34-21(13-24(32-34)26(28)29)12-20-11-19(14-30)31-33(20)2;1-10(27)15-5-11(19)3-4-17(15)26-14(8-16(24-26)18(20)21)7-13-6-12(9-22)23-25(13)2/h4-11,13,16,26H,12,15H2,1-3H3;3-6,8,10,18,27H,7H2,1-2H3/t16-;10-/m11/s1. The highest BCUT2D eigenvalue weighted by atomic mass is 19.3. The Balaban J connectivity index is 0.000000219. The maximum atomic E-state index is 14.3. The number of hydrogen-bond donors (Lipinski definition) is 1. The van der Waals surface area contributed by atoms with Crippen LogP contribution in [-0.4, -0.2) is 51.3 Å². The molecule has 0 amide bonds. The van der Waals surface area contributed by atoms with Crippen LogP contribution in [0.4, 0.5) is 26.3 Å². The number of methoxy groups -OCH3 is 1. The van der Waals surface area contributed by atoms with E-state index in [1.165, 1.54) is 68.1 Å². The SMILES string of the molecule is COc1ccc(CO[C@H](C)c2cc(F)ccc2-n2nc(C(F)F)cc2Cc2cc(C#N)nn2C)cc1.C[C@@H](O)c1cc(F)ccc1-n1nc(C(F)F)cc1Cc1cc(C#N)nn1C. The Bertz CT molecular complexity index is 2780. The minimum absolute atomic E-state index is 0.168. The van der Waals surface area contributed by atoms with Crippen LogP contribution in [0.2, 0.25) is 0 Å². The molecule has 0 aliphatic heterocycles. The molecule has 3 aromatic carbocycles. The van der Waals surface area contributed by atoms with Crippen molar-refractivity contribution < 1.29 is 40.9 Å². The Labute approximate surface area is 357 Å². The van der Waals surface area contributed by atoms with Crippen molar-refractivity contribution in [3.63, 3.8) is 0 Å². The number of aliphatic hydroxyl groups excluding tert-OH is 1. The van der Waals surface area contributed by atoms with Crippen molar-refractivity contribution in [1.29, 1.82) is 10.5 Å². The van der Waals surface area contributed by atoms with Gasteiger partial charge in [0.1, 0.15) is 40.9 Å². The van der Waals surface area contributed by atoms with Crippen LogP contribution in [0.1, 0.15) is 101 Å². The highest BCUT2D eigenvalue weighted by Gasteiger charge is 2.24. The summed E-state index contributed by atoms with van der Waals surface area (Å²) in [5.74, 6) is -0.319. The summed E-state index contributed by atoms with van der Waals surface area (Å²) in [6.07, 6.45) is -6.83. The summed E-state index contributed by atoms with van der Waals surface area (Å²) >= 11 is 0. The molecule has 7 rings (SSSR count). The molecule has 63 heavy (non-hydrogen) atoms. The summed E-state index contributed by atoms with van der Waals surface area (Å²) in [7, 11) is 4.89. The first kappa shape index (κ1) is 45.3. The lowest BCUT2D eigenvalue weighted by atomic mass is 10.1. The third-order valence-corrected chi connectivity index (χ3v) is 9.94.